The summed E-state index contributed by atoms with van der Waals surface area (Å²) < 4.78 is 5.54. The molecule has 132 valence electrons. The number of ether oxygens (including phenoxy) is 1. The van der Waals surface area contributed by atoms with Crippen molar-refractivity contribution in [1.82, 2.24) is 10.2 Å². The Balaban J connectivity index is 2.11. The lowest BCUT2D eigenvalue weighted by atomic mass is 10.1. The molecule has 2 amide bonds. The highest BCUT2D eigenvalue weighted by molar-refractivity contribution is 6.32. The van der Waals surface area contributed by atoms with Gasteiger partial charge in [0.1, 0.15) is 5.75 Å². The molecule has 0 spiro atoms. The number of carbonyl (C=O) groups is 2. The van der Waals surface area contributed by atoms with E-state index < -0.39 is 0 Å². The van der Waals surface area contributed by atoms with Crippen molar-refractivity contribution in [3.05, 3.63) is 28.8 Å². The Morgan fingerprint density at radius 1 is 1.46 bits per heavy atom. The molecule has 1 N–H and O–H groups in total. The van der Waals surface area contributed by atoms with Crippen LogP contribution in [0.3, 0.4) is 0 Å². The van der Waals surface area contributed by atoms with Crippen LogP contribution < -0.4 is 10.1 Å². The predicted octanol–water partition coefficient (Wildman–Crippen LogP) is 3.26. The molecule has 1 saturated heterocycles. The number of benzene rings is 1. The van der Waals surface area contributed by atoms with Crippen molar-refractivity contribution in [3.8, 4) is 5.75 Å². The van der Waals surface area contributed by atoms with Crippen LogP contribution in [-0.4, -0.2) is 41.9 Å². The van der Waals surface area contributed by atoms with Gasteiger partial charge in [-0.15, -0.1) is 0 Å². The van der Waals surface area contributed by atoms with Crippen LogP contribution in [0.5, 0.6) is 5.75 Å². The molecule has 1 heterocycles. The van der Waals surface area contributed by atoms with E-state index >= 15 is 0 Å². The molecule has 1 fully saturated rings. The molecule has 1 unspecified atom stereocenters. The molecule has 1 atom stereocenters. The van der Waals surface area contributed by atoms with Gasteiger partial charge in [-0.25, -0.2) is 0 Å². The number of hydrogen-bond acceptors (Lipinski definition) is 3. The largest absolute Gasteiger partial charge is 0.492 e. The fourth-order valence-electron chi connectivity index (χ4n) is 2.71. The van der Waals surface area contributed by atoms with Crippen molar-refractivity contribution in [2.75, 3.05) is 13.2 Å². The molecule has 6 heteroatoms. The van der Waals surface area contributed by atoms with E-state index in [-0.39, 0.29) is 23.9 Å². The van der Waals surface area contributed by atoms with Gasteiger partial charge in [-0.05, 0) is 44.9 Å². The summed E-state index contributed by atoms with van der Waals surface area (Å²) in [6.45, 7) is 7.05. The number of halogens is 1. The summed E-state index contributed by atoms with van der Waals surface area (Å²) in [6, 6.07) is 5.18. The average molecular weight is 353 g/mol. The summed E-state index contributed by atoms with van der Waals surface area (Å²) in [6.07, 6.45) is 2.19. The average Bonchev–Trinajstić information content (AvgIpc) is 2.95. The second-order valence-electron chi connectivity index (χ2n) is 6.35. The van der Waals surface area contributed by atoms with Crippen LogP contribution in [0.25, 0.3) is 0 Å². The smallest absolute Gasteiger partial charge is 0.254 e. The summed E-state index contributed by atoms with van der Waals surface area (Å²) in [5, 5.41) is 3.35. The fraction of sp³-hybridized carbons (Fsp3) is 0.556. The van der Waals surface area contributed by atoms with E-state index in [1.807, 2.05) is 20.8 Å². The van der Waals surface area contributed by atoms with E-state index in [2.05, 4.69) is 5.32 Å². The molecule has 1 aromatic rings. The van der Waals surface area contributed by atoms with Gasteiger partial charge >= 0.3 is 0 Å². The minimum absolute atomic E-state index is 0.0199. The van der Waals surface area contributed by atoms with Gasteiger partial charge in [0.2, 0.25) is 5.91 Å². The molecule has 24 heavy (non-hydrogen) atoms. The first-order valence-corrected chi connectivity index (χ1v) is 8.82. The van der Waals surface area contributed by atoms with Crippen LogP contribution in [0.4, 0.5) is 0 Å². The highest BCUT2D eigenvalue weighted by Crippen LogP contribution is 2.26. The lowest BCUT2D eigenvalue weighted by Crippen LogP contribution is -2.45. The van der Waals surface area contributed by atoms with Crippen LogP contribution in [0.15, 0.2) is 18.2 Å². The molecule has 0 aliphatic carbocycles. The first-order chi connectivity index (χ1) is 11.4. The van der Waals surface area contributed by atoms with E-state index in [4.69, 9.17) is 16.3 Å². The molecule has 0 bridgehead atoms. The molecule has 5 nitrogen and oxygen atoms in total. The zero-order chi connectivity index (χ0) is 17.7. The third kappa shape index (κ3) is 4.63. The van der Waals surface area contributed by atoms with Crippen molar-refractivity contribution in [1.29, 1.82) is 0 Å². The van der Waals surface area contributed by atoms with Gasteiger partial charge in [0.25, 0.3) is 5.91 Å². The molecule has 2 rings (SSSR count). The van der Waals surface area contributed by atoms with Crippen LogP contribution in [0.2, 0.25) is 5.02 Å². The summed E-state index contributed by atoms with van der Waals surface area (Å²) in [5.74, 6) is 0.556. The van der Waals surface area contributed by atoms with E-state index in [9.17, 15) is 9.59 Å². The maximum Gasteiger partial charge on any atom is 0.254 e. The van der Waals surface area contributed by atoms with E-state index in [1.54, 1.807) is 23.1 Å². The summed E-state index contributed by atoms with van der Waals surface area (Å²) in [4.78, 5) is 26.0. The Bertz CT molecular complexity index is 604. The maximum absolute atomic E-state index is 12.8. The maximum atomic E-state index is 12.8. The predicted molar refractivity (Wildman–Crippen MR) is 94.6 cm³/mol. The third-order valence-corrected chi connectivity index (χ3v) is 4.32. The van der Waals surface area contributed by atoms with Gasteiger partial charge < -0.3 is 15.0 Å². The third-order valence-electron chi connectivity index (χ3n) is 4.03. The Morgan fingerprint density at radius 3 is 2.75 bits per heavy atom. The van der Waals surface area contributed by atoms with Crippen molar-refractivity contribution < 1.29 is 14.3 Å². The standard InChI is InChI=1S/C18H25ClN2O3/c1-4-9-24-16-7-5-13(10-15(16)19)18(23)21(12(2)3)11-14-6-8-17(22)20-14/h5,7,10,12,14H,4,6,8-9,11H2,1-3H3,(H,20,22). The van der Waals surface area contributed by atoms with Gasteiger partial charge in [0, 0.05) is 30.6 Å². The van der Waals surface area contributed by atoms with E-state index in [1.165, 1.54) is 0 Å². The lowest BCUT2D eigenvalue weighted by Gasteiger charge is -2.29. The monoisotopic (exact) mass is 352 g/mol. The minimum atomic E-state index is -0.0879. The van der Waals surface area contributed by atoms with Crippen molar-refractivity contribution in [2.45, 2.75) is 52.1 Å². The molecular formula is C18H25ClN2O3. The Kier molecular flexibility index (Phi) is 6.49. The quantitative estimate of drug-likeness (QED) is 0.819. The van der Waals surface area contributed by atoms with Gasteiger partial charge in [0.05, 0.1) is 11.6 Å². The Morgan fingerprint density at radius 2 is 2.21 bits per heavy atom. The highest BCUT2D eigenvalue weighted by Gasteiger charge is 2.27. The number of amides is 2. The minimum Gasteiger partial charge on any atom is -0.492 e. The molecule has 0 aromatic heterocycles. The lowest BCUT2D eigenvalue weighted by molar-refractivity contribution is -0.119. The second kappa shape index (κ2) is 8.38. The zero-order valence-corrected chi connectivity index (χ0v) is 15.2. The second-order valence-corrected chi connectivity index (χ2v) is 6.76. The highest BCUT2D eigenvalue weighted by atomic mass is 35.5. The van der Waals surface area contributed by atoms with E-state index in [0.717, 1.165) is 12.8 Å². The summed E-state index contributed by atoms with van der Waals surface area (Å²) in [7, 11) is 0. The molecular weight excluding hydrogens is 328 g/mol. The molecule has 1 aliphatic rings. The Hall–Kier alpha value is -1.75. The molecule has 1 aliphatic heterocycles. The van der Waals surface area contributed by atoms with Gasteiger partial charge in [-0.2, -0.15) is 0 Å². The summed E-state index contributed by atoms with van der Waals surface area (Å²) in [5.41, 5.74) is 0.530. The SMILES string of the molecule is CCCOc1ccc(C(=O)N(CC2CCC(=O)N2)C(C)C)cc1Cl. The van der Waals surface area contributed by atoms with E-state index in [0.29, 0.717) is 35.9 Å². The molecule has 1 aromatic carbocycles. The zero-order valence-electron chi connectivity index (χ0n) is 14.5. The number of nitrogens with zero attached hydrogens (tertiary/aromatic N) is 1. The number of hydrogen-bond donors (Lipinski definition) is 1. The van der Waals surface area contributed by atoms with Crippen molar-refractivity contribution in [2.24, 2.45) is 0 Å². The van der Waals surface area contributed by atoms with Crippen LogP contribution in [-0.2, 0) is 4.79 Å². The first-order valence-electron chi connectivity index (χ1n) is 8.45. The molecule has 0 radical (unpaired) electrons. The number of nitrogens with one attached hydrogen (secondary N) is 1. The summed E-state index contributed by atoms with van der Waals surface area (Å²) >= 11 is 6.23. The number of carbonyl (C=O) groups excluding carboxylic acids is 2. The van der Waals surface area contributed by atoms with Crippen molar-refractivity contribution in [3.63, 3.8) is 0 Å². The van der Waals surface area contributed by atoms with Crippen LogP contribution >= 0.6 is 11.6 Å². The Labute approximate surface area is 148 Å². The van der Waals surface area contributed by atoms with Gasteiger partial charge in [0.15, 0.2) is 0 Å². The van der Waals surface area contributed by atoms with Crippen LogP contribution in [0.1, 0.15) is 50.4 Å². The topological polar surface area (TPSA) is 58.6 Å². The van der Waals surface area contributed by atoms with Crippen molar-refractivity contribution >= 4 is 23.4 Å². The van der Waals surface area contributed by atoms with Gasteiger partial charge in [-0.1, -0.05) is 18.5 Å². The van der Waals surface area contributed by atoms with Gasteiger partial charge in [-0.3, -0.25) is 9.59 Å². The normalized spacial score (nSPS) is 17.0. The molecule has 0 saturated carbocycles. The first kappa shape index (κ1) is 18.6. The fourth-order valence-corrected chi connectivity index (χ4v) is 2.94. The van der Waals surface area contributed by atoms with Crippen LogP contribution in [0, 0.1) is 0 Å². The number of rotatable bonds is 7.